The first kappa shape index (κ1) is 15.8. The Hall–Kier alpha value is -2.08. The minimum absolute atomic E-state index is 0.0497. The summed E-state index contributed by atoms with van der Waals surface area (Å²) in [6.07, 6.45) is 0. The minimum atomic E-state index is 0.0497. The van der Waals surface area contributed by atoms with Crippen LogP contribution >= 0.6 is 11.3 Å². The maximum Gasteiger partial charge on any atom is 0.266 e. The molecule has 0 aliphatic carbocycles. The normalized spacial score (nSPS) is 18.3. The van der Waals surface area contributed by atoms with Gasteiger partial charge in [0.05, 0.1) is 5.69 Å². The molecule has 1 aromatic heterocycles. The van der Waals surface area contributed by atoms with E-state index in [4.69, 9.17) is 5.73 Å². The lowest BCUT2D eigenvalue weighted by molar-refractivity contribution is 0.0678. The zero-order valence-corrected chi connectivity index (χ0v) is 14.6. The number of aromatic nitrogens is 1. The molecule has 0 spiro atoms. The molecule has 1 aliphatic rings. The first-order chi connectivity index (χ1) is 11.0. The van der Waals surface area contributed by atoms with Gasteiger partial charge in [0.2, 0.25) is 0 Å². The lowest BCUT2D eigenvalue weighted by atomic mass is 10.1. The highest BCUT2D eigenvalue weighted by Gasteiger charge is 2.30. The average Bonchev–Trinajstić information content (AvgIpc) is 2.85. The van der Waals surface area contributed by atoms with Gasteiger partial charge in [-0.3, -0.25) is 4.79 Å². The van der Waals surface area contributed by atoms with Crippen LogP contribution in [-0.2, 0) is 0 Å². The summed E-state index contributed by atoms with van der Waals surface area (Å²) in [6, 6.07) is 8.54. The molecular weight excluding hydrogens is 308 g/mol. The summed E-state index contributed by atoms with van der Waals surface area (Å²) in [5.74, 6) is 0.0497. The molecular formula is C17H22N4OS. The van der Waals surface area contributed by atoms with Gasteiger partial charge in [-0.25, -0.2) is 4.98 Å². The Morgan fingerprint density at radius 1 is 1.30 bits per heavy atom. The number of hydrogen-bond acceptors (Lipinski definition) is 5. The number of nitrogens with two attached hydrogens (primary N) is 1. The van der Waals surface area contributed by atoms with Crippen molar-refractivity contribution < 1.29 is 4.79 Å². The Morgan fingerprint density at radius 2 is 2.04 bits per heavy atom. The van der Waals surface area contributed by atoms with Crippen LogP contribution in [0.25, 0.3) is 0 Å². The van der Waals surface area contributed by atoms with Gasteiger partial charge in [-0.15, -0.1) is 0 Å². The fourth-order valence-electron chi connectivity index (χ4n) is 3.14. The highest BCUT2D eigenvalue weighted by molar-refractivity contribution is 7.17. The van der Waals surface area contributed by atoms with Gasteiger partial charge < -0.3 is 15.5 Å². The molecule has 0 radical (unpaired) electrons. The van der Waals surface area contributed by atoms with E-state index in [0.29, 0.717) is 16.6 Å². The van der Waals surface area contributed by atoms with E-state index in [1.54, 1.807) is 0 Å². The Labute approximate surface area is 140 Å². The molecule has 1 fully saturated rings. The summed E-state index contributed by atoms with van der Waals surface area (Å²) in [6.45, 7) is 8.46. The van der Waals surface area contributed by atoms with Crippen molar-refractivity contribution in [3.05, 3.63) is 40.4 Å². The molecule has 23 heavy (non-hydrogen) atoms. The molecule has 2 heterocycles. The Kier molecular flexibility index (Phi) is 4.26. The number of carbonyl (C=O) groups excluding carboxylic acids is 1. The summed E-state index contributed by atoms with van der Waals surface area (Å²) >= 11 is 1.28. The highest BCUT2D eigenvalue weighted by atomic mass is 32.1. The third-order valence-corrected chi connectivity index (χ3v) is 5.33. The summed E-state index contributed by atoms with van der Waals surface area (Å²) in [5.41, 5.74) is 8.98. The summed E-state index contributed by atoms with van der Waals surface area (Å²) in [7, 11) is 0. The zero-order chi connectivity index (χ0) is 16.6. The van der Waals surface area contributed by atoms with Crippen LogP contribution in [0.2, 0.25) is 0 Å². The van der Waals surface area contributed by atoms with Crippen molar-refractivity contribution in [1.82, 2.24) is 9.88 Å². The van der Waals surface area contributed by atoms with Crippen LogP contribution in [-0.4, -0.2) is 41.5 Å². The SMILES string of the molecule is Cc1ccccc1N1CCN(C(=O)c2sc(N)nc2C)[C@@H](C)C1. The summed E-state index contributed by atoms with van der Waals surface area (Å²) < 4.78 is 0. The number of para-hydroxylation sites is 1. The van der Waals surface area contributed by atoms with E-state index < -0.39 is 0 Å². The molecule has 2 aromatic rings. The predicted molar refractivity (Wildman–Crippen MR) is 95.2 cm³/mol. The lowest BCUT2D eigenvalue weighted by Crippen LogP contribution is -2.54. The van der Waals surface area contributed by atoms with Crippen molar-refractivity contribution in [2.75, 3.05) is 30.3 Å². The fraction of sp³-hybridized carbons (Fsp3) is 0.412. The van der Waals surface area contributed by atoms with Gasteiger partial charge in [-0.1, -0.05) is 29.5 Å². The molecule has 6 heteroatoms. The third-order valence-electron chi connectivity index (χ3n) is 4.35. The van der Waals surface area contributed by atoms with Crippen LogP contribution in [0, 0.1) is 13.8 Å². The number of piperazine rings is 1. The Balaban J connectivity index is 1.75. The van der Waals surface area contributed by atoms with Gasteiger partial charge in [0, 0.05) is 31.4 Å². The summed E-state index contributed by atoms with van der Waals surface area (Å²) in [4.78, 5) is 21.9. The van der Waals surface area contributed by atoms with Crippen molar-refractivity contribution >= 4 is 28.1 Å². The van der Waals surface area contributed by atoms with Gasteiger partial charge in [0.25, 0.3) is 5.91 Å². The molecule has 2 N–H and O–H groups in total. The standard InChI is InChI=1S/C17H22N4OS/c1-11-6-4-5-7-14(11)20-8-9-21(12(2)10-20)16(22)15-13(3)19-17(18)23-15/h4-7,12H,8-10H2,1-3H3,(H2,18,19)/t12-/m0/s1. The molecule has 1 atom stereocenters. The number of nitrogen functional groups attached to an aromatic ring is 1. The molecule has 0 bridgehead atoms. The number of amides is 1. The van der Waals surface area contributed by atoms with Crippen LogP contribution in [0.1, 0.15) is 27.9 Å². The second-order valence-electron chi connectivity index (χ2n) is 6.05. The Bertz CT molecular complexity index is 727. The van der Waals surface area contributed by atoms with Crippen LogP contribution < -0.4 is 10.6 Å². The molecule has 5 nitrogen and oxygen atoms in total. The number of aryl methyl sites for hydroxylation is 2. The number of thiazole rings is 1. The largest absolute Gasteiger partial charge is 0.375 e. The van der Waals surface area contributed by atoms with Gasteiger partial charge in [-0.2, -0.15) is 0 Å². The highest BCUT2D eigenvalue weighted by Crippen LogP contribution is 2.26. The number of rotatable bonds is 2. The van der Waals surface area contributed by atoms with E-state index in [1.807, 2.05) is 11.8 Å². The van der Waals surface area contributed by atoms with Crippen LogP contribution in [0.5, 0.6) is 0 Å². The van der Waals surface area contributed by atoms with Crippen molar-refractivity contribution in [2.45, 2.75) is 26.8 Å². The number of benzene rings is 1. The van der Waals surface area contributed by atoms with E-state index in [9.17, 15) is 4.79 Å². The van der Waals surface area contributed by atoms with Crippen molar-refractivity contribution in [1.29, 1.82) is 0 Å². The smallest absolute Gasteiger partial charge is 0.266 e. The maximum atomic E-state index is 12.8. The molecule has 0 unspecified atom stereocenters. The van der Waals surface area contributed by atoms with Crippen molar-refractivity contribution in [3.8, 4) is 0 Å². The first-order valence-electron chi connectivity index (χ1n) is 7.82. The Morgan fingerprint density at radius 3 is 2.65 bits per heavy atom. The average molecular weight is 330 g/mol. The van der Waals surface area contributed by atoms with E-state index in [2.05, 4.69) is 48.0 Å². The zero-order valence-electron chi connectivity index (χ0n) is 13.7. The molecule has 1 aliphatic heterocycles. The van der Waals surface area contributed by atoms with E-state index in [1.165, 1.54) is 22.6 Å². The molecule has 1 amide bonds. The molecule has 0 saturated carbocycles. The quantitative estimate of drug-likeness (QED) is 0.919. The second-order valence-corrected chi connectivity index (χ2v) is 7.08. The first-order valence-corrected chi connectivity index (χ1v) is 8.63. The maximum absolute atomic E-state index is 12.8. The van der Waals surface area contributed by atoms with Gasteiger partial charge in [-0.05, 0) is 32.4 Å². The number of anilines is 2. The number of carbonyl (C=O) groups is 1. The van der Waals surface area contributed by atoms with Crippen LogP contribution in [0.4, 0.5) is 10.8 Å². The van der Waals surface area contributed by atoms with Crippen LogP contribution in [0.3, 0.4) is 0 Å². The number of nitrogens with zero attached hydrogens (tertiary/aromatic N) is 3. The van der Waals surface area contributed by atoms with Gasteiger partial charge in [0.1, 0.15) is 4.88 Å². The van der Waals surface area contributed by atoms with Gasteiger partial charge >= 0.3 is 0 Å². The molecule has 1 aromatic carbocycles. The molecule has 1 saturated heterocycles. The van der Waals surface area contributed by atoms with E-state index in [0.717, 1.165) is 18.8 Å². The van der Waals surface area contributed by atoms with E-state index >= 15 is 0 Å². The van der Waals surface area contributed by atoms with Crippen LogP contribution in [0.15, 0.2) is 24.3 Å². The molecule has 3 rings (SSSR count). The topological polar surface area (TPSA) is 62.5 Å². The monoisotopic (exact) mass is 330 g/mol. The number of hydrogen-bond donors (Lipinski definition) is 1. The van der Waals surface area contributed by atoms with Gasteiger partial charge in [0.15, 0.2) is 5.13 Å². The lowest BCUT2D eigenvalue weighted by Gasteiger charge is -2.41. The second kappa shape index (κ2) is 6.20. The fourth-order valence-corrected chi connectivity index (χ4v) is 3.93. The predicted octanol–water partition coefficient (Wildman–Crippen LogP) is 2.69. The van der Waals surface area contributed by atoms with Crippen molar-refractivity contribution in [3.63, 3.8) is 0 Å². The molecule has 122 valence electrons. The minimum Gasteiger partial charge on any atom is -0.375 e. The van der Waals surface area contributed by atoms with E-state index in [-0.39, 0.29) is 11.9 Å². The van der Waals surface area contributed by atoms with Crippen molar-refractivity contribution in [2.24, 2.45) is 0 Å². The third kappa shape index (κ3) is 3.03. The summed E-state index contributed by atoms with van der Waals surface area (Å²) in [5, 5.41) is 0.456.